The number of carbonyl (C=O) groups is 1. The number of methoxy groups -OCH3 is 1. The van der Waals surface area contributed by atoms with E-state index in [2.05, 4.69) is 12.2 Å². The van der Waals surface area contributed by atoms with Gasteiger partial charge in [-0.2, -0.15) is 0 Å². The topological polar surface area (TPSA) is 47.6 Å². The normalized spacial score (nSPS) is 25.5. The summed E-state index contributed by atoms with van der Waals surface area (Å²) >= 11 is 0. The summed E-state index contributed by atoms with van der Waals surface area (Å²) in [5.74, 6) is -0.195. The van der Waals surface area contributed by atoms with Crippen LogP contribution in [0.5, 0.6) is 0 Å². The van der Waals surface area contributed by atoms with Gasteiger partial charge in [0.2, 0.25) is 0 Å². The average molecular weight is 291 g/mol. The molecule has 0 heterocycles. The number of esters is 1. The van der Waals surface area contributed by atoms with Crippen molar-refractivity contribution in [2.75, 3.05) is 13.7 Å². The van der Waals surface area contributed by atoms with Crippen molar-refractivity contribution in [1.82, 2.24) is 5.32 Å². The van der Waals surface area contributed by atoms with Gasteiger partial charge in [-0.3, -0.25) is 4.79 Å². The van der Waals surface area contributed by atoms with Crippen molar-refractivity contribution in [3.05, 3.63) is 35.9 Å². The number of hydrogen-bond donors (Lipinski definition) is 1. The van der Waals surface area contributed by atoms with E-state index in [0.717, 1.165) is 31.2 Å². The molecule has 1 aromatic carbocycles. The van der Waals surface area contributed by atoms with Crippen molar-refractivity contribution in [1.29, 1.82) is 0 Å². The first-order valence-corrected chi connectivity index (χ1v) is 7.59. The maximum absolute atomic E-state index is 11.7. The Morgan fingerprint density at radius 1 is 1.29 bits per heavy atom. The minimum atomic E-state index is -0.195. The summed E-state index contributed by atoms with van der Waals surface area (Å²) < 4.78 is 10.8. The highest BCUT2D eigenvalue weighted by Gasteiger charge is 2.30. The van der Waals surface area contributed by atoms with Gasteiger partial charge in [0, 0.05) is 13.2 Å². The number of rotatable bonds is 6. The Morgan fingerprint density at radius 3 is 2.57 bits per heavy atom. The molecule has 4 nitrogen and oxygen atoms in total. The number of carbonyl (C=O) groups excluding carboxylic acids is 1. The number of hydrogen-bond acceptors (Lipinski definition) is 4. The molecule has 0 amide bonds. The number of benzene rings is 1. The molecule has 0 radical (unpaired) electrons. The van der Waals surface area contributed by atoms with E-state index in [0.29, 0.717) is 12.6 Å². The fourth-order valence-electron chi connectivity index (χ4n) is 2.65. The predicted molar refractivity (Wildman–Crippen MR) is 81.9 cm³/mol. The Labute approximate surface area is 126 Å². The predicted octanol–water partition coefficient (Wildman–Crippen LogP) is 2.67. The van der Waals surface area contributed by atoms with Gasteiger partial charge in [-0.1, -0.05) is 30.3 Å². The monoisotopic (exact) mass is 291 g/mol. The molecule has 1 fully saturated rings. The largest absolute Gasteiger partial charge is 0.460 e. The van der Waals surface area contributed by atoms with Crippen molar-refractivity contribution in [2.45, 2.75) is 50.9 Å². The summed E-state index contributed by atoms with van der Waals surface area (Å²) in [5, 5.41) is 3.29. The lowest BCUT2D eigenvalue weighted by atomic mass is 9.83. The summed E-state index contributed by atoms with van der Waals surface area (Å²) in [6, 6.07) is 10.1. The quantitative estimate of drug-likeness (QED) is 0.819. The van der Waals surface area contributed by atoms with Crippen LogP contribution in [0.25, 0.3) is 0 Å². The summed E-state index contributed by atoms with van der Waals surface area (Å²) in [4.78, 5) is 11.7. The Morgan fingerprint density at radius 2 is 1.95 bits per heavy atom. The van der Waals surface area contributed by atoms with Crippen molar-refractivity contribution < 1.29 is 14.3 Å². The van der Waals surface area contributed by atoms with Crippen LogP contribution in [-0.4, -0.2) is 31.3 Å². The van der Waals surface area contributed by atoms with Gasteiger partial charge in [-0.25, -0.2) is 0 Å². The van der Waals surface area contributed by atoms with E-state index in [1.54, 1.807) is 7.11 Å². The molecule has 21 heavy (non-hydrogen) atoms. The smallest absolute Gasteiger partial charge is 0.320 e. The SMILES string of the molecule is COC1(C)CCC(NCC(=O)OCc2ccccc2)CC1. The highest BCUT2D eigenvalue weighted by atomic mass is 16.5. The zero-order valence-electron chi connectivity index (χ0n) is 12.9. The van der Waals surface area contributed by atoms with Gasteiger partial charge in [0.1, 0.15) is 6.61 Å². The maximum Gasteiger partial charge on any atom is 0.320 e. The van der Waals surface area contributed by atoms with Gasteiger partial charge < -0.3 is 14.8 Å². The molecule has 0 spiro atoms. The Kier molecular flexibility index (Phi) is 5.76. The second kappa shape index (κ2) is 7.57. The van der Waals surface area contributed by atoms with Crippen LogP contribution < -0.4 is 5.32 Å². The fraction of sp³-hybridized carbons (Fsp3) is 0.588. The van der Waals surface area contributed by atoms with E-state index in [9.17, 15) is 4.79 Å². The molecular formula is C17H25NO3. The molecule has 0 unspecified atom stereocenters. The van der Waals surface area contributed by atoms with Gasteiger partial charge in [-0.05, 0) is 38.2 Å². The molecule has 0 saturated heterocycles. The van der Waals surface area contributed by atoms with Gasteiger partial charge in [0.05, 0.1) is 12.1 Å². The van der Waals surface area contributed by atoms with E-state index in [-0.39, 0.29) is 18.1 Å². The van der Waals surface area contributed by atoms with Crippen LogP contribution in [0.15, 0.2) is 30.3 Å². The van der Waals surface area contributed by atoms with Crippen LogP contribution in [0.1, 0.15) is 38.2 Å². The van der Waals surface area contributed by atoms with E-state index in [1.807, 2.05) is 30.3 Å². The molecule has 1 saturated carbocycles. The molecule has 0 aliphatic heterocycles. The third kappa shape index (κ3) is 5.14. The average Bonchev–Trinajstić information content (AvgIpc) is 2.53. The first-order chi connectivity index (χ1) is 10.1. The van der Waals surface area contributed by atoms with E-state index >= 15 is 0 Å². The zero-order chi connectivity index (χ0) is 15.1. The Hall–Kier alpha value is -1.39. The van der Waals surface area contributed by atoms with Gasteiger partial charge >= 0.3 is 5.97 Å². The first kappa shape index (κ1) is 16.0. The highest BCUT2D eigenvalue weighted by molar-refractivity contribution is 5.71. The lowest BCUT2D eigenvalue weighted by molar-refractivity contribution is -0.144. The number of nitrogens with one attached hydrogen (secondary N) is 1. The van der Waals surface area contributed by atoms with Crippen LogP contribution in [-0.2, 0) is 20.9 Å². The second-order valence-corrected chi connectivity index (χ2v) is 5.96. The van der Waals surface area contributed by atoms with Crippen molar-refractivity contribution in [3.63, 3.8) is 0 Å². The summed E-state index contributed by atoms with van der Waals surface area (Å²) in [5.41, 5.74) is 1.02. The molecule has 1 aliphatic rings. The summed E-state index contributed by atoms with van der Waals surface area (Å²) in [6.45, 7) is 2.77. The second-order valence-electron chi connectivity index (χ2n) is 5.96. The van der Waals surface area contributed by atoms with Crippen molar-refractivity contribution in [2.24, 2.45) is 0 Å². The molecule has 116 valence electrons. The number of ether oxygens (including phenoxy) is 2. The molecule has 1 N–H and O–H groups in total. The molecule has 0 aromatic heterocycles. The van der Waals surface area contributed by atoms with Gasteiger partial charge in [0.25, 0.3) is 0 Å². The van der Waals surface area contributed by atoms with Crippen LogP contribution in [0.2, 0.25) is 0 Å². The highest BCUT2D eigenvalue weighted by Crippen LogP contribution is 2.30. The minimum absolute atomic E-state index is 0.00595. The van der Waals surface area contributed by atoms with Gasteiger partial charge in [-0.15, -0.1) is 0 Å². The molecule has 0 bridgehead atoms. The zero-order valence-corrected chi connectivity index (χ0v) is 12.9. The Balaban J connectivity index is 1.64. The molecular weight excluding hydrogens is 266 g/mol. The van der Waals surface area contributed by atoms with Crippen LogP contribution in [0.4, 0.5) is 0 Å². The standard InChI is InChI=1S/C17H25NO3/c1-17(20-2)10-8-15(9-11-17)18-12-16(19)21-13-14-6-4-3-5-7-14/h3-7,15,18H,8-13H2,1-2H3. The van der Waals surface area contributed by atoms with Crippen LogP contribution in [0, 0.1) is 0 Å². The first-order valence-electron chi connectivity index (χ1n) is 7.59. The summed E-state index contributed by atoms with van der Waals surface area (Å²) in [7, 11) is 1.77. The molecule has 1 aromatic rings. The molecule has 0 atom stereocenters. The van der Waals surface area contributed by atoms with Crippen molar-refractivity contribution >= 4 is 5.97 Å². The van der Waals surface area contributed by atoms with E-state index in [4.69, 9.17) is 9.47 Å². The summed E-state index contributed by atoms with van der Waals surface area (Å²) in [6.07, 6.45) is 4.13. The van der Waals surface area contributed by atoms with E-state index in [1.165, 1.54) is 0 Å². The van der Waals surface area contributed by atoms with Crippen LogP contribution in [0.3, 0.4) is 0 Å². The molecule has 1 aliphatic carbocycles. The maximum atomic E-state index is 11.7. The van der Waals surface area contributed by atoms with Crippen LogP contribution >= 0.6 is 0 Å². The third-order valence-corrected chi connectivity index (χ3v) is 4.31. The van der Waals surface area contributed by atoms with Crippen molar-refractivity contribution in [3.8, 4) is 0 Å². The Bertz CT molecular complexity index is 439. The molecule has 4 heteroatoms. The van der Waals surface area contributed by atoms with E-state index < -0.39 is 0 Å². The van der Waals surface area contributed by atoms with Gasteiger partial charge in [0.15, 0.2) is 0 Å². The lowest BCUT2D eigenvalue weighted by Gasteiger charge is -2.36. The molecule has 2 rings (SSSR count). The fourth-order valence-corrected chi connectivity index (χ4v) is 2.65. The lowest BCUT2D eigenvalue weighted by Crippen LogP contribution is -2.42. The minimum Gasteiger partial charge on any atom is -0.460 e. The third-order valence-electron chi connectivity index (χ3n) is 4.31.